The van der Waals surface area contributed by atoms with E-state index in [9.17, 15) is 4.79 Å². The van der Waals surface area contributed by atoms with Gasteiger partial charge >= 0.3 is 0 Å². The topological polar surface area (TPSA) is 53.4 Å². The number of carbonyl (C=O) groups excluding carboxylic acids is 1. The second-order valence-electron chi connectivity index (χ2n) is 7.58. The van der Waals surface area contributed by atoms with Crippen LogP contribution < -0.4 is 10.2 Å². The van der Waals surface area contributed by atoms with E-state index in [1.54, 1.807) is 4.68 Å². The summed E-state index contributed by atoms with van der Waals surface area (Å²) < 4.78 is 1.80. The van der Waals surface area contributed by atoms with Crippen molar-refractivity contribution in [2.75, 3.05) is 36.4 Å². The molecule has 6 heteroatoms. The second-order valence-corrected chi connectivity index (χ2v) is 7.58. The molecule has 146 valence electrons. The van der Waals surface area contributed by atoms with Gasteiger partial charge in [0.1, 0.15) is 0 Å². The zero-order chi connectivity index (χ0) is 19.7. The van der Waals surface area contributed by atoms with E-state index < -0.39 is 0 Å². The van der Waals surface area contributed by atoms with Crippen molar-refractivity contribution in [3.8, 4) is 0 Å². The molecule has 2 aromatic rings. The summed E-state index contributed by atoms with van der Waals surface area (Å²) >= 11 is 0. The van der Waals surface area contributed by atoms with E-state index in [0.29, 0.717) is 0 Å². The summed E-state index contributed by atoms with van der Waals surface area (Å²) in [7, 11) is 1.90. The van der Waals surface area contributed by atoms with E-state index in [0.717, 1.165) is 43.3 Å². The molecule has 1 atom stereocenters. The van der Waals surface area contributed by atoms with Gasteiger partial charge in [0.15, 0.2) is 0 Å². The van der Waals surface area contributed by atoms with Crippen LogP contribution >= 0.6 is 0 Å². The van der Waals surface area contributed by atoms with E-state index >= 15 is 0 Å². The Morgan fingerprint density at radius 3 is 2.37 bits per heavy atom. The minimum Gasteiger partial charge on any atom is -0.369 e. The number of amides is 1. The zero-order valence-corrected chi connectivity index (χ0v) is 17.3. The van der Waals surface area contributed by atoms with E-state index in [1.807, 2.05) is 27.8 Å². The normalized spacial score (nSPS) is 16.4. The highest BCUT2D eigenvalue weighted by Crippen LogP contribution is 2.24. The first-order valence-electron chi connectivity index (χ1n) is 9.66. The van der Waals surface area contributed by atoms with Gasteiger partial charge in [-0.3, -0.25) is 14.4 Å². The van der Waals surface area contributed by atoms with Gasteiger partial charge in [0.25, 0.3) is 0 Å². The first-order chi connectivity index (χ1) is 12.8. The van der Waals surface area contributed by atoms with Crippen LogP contribution in [0, 0.1) is 27.7 Å². The summed E-state index contributed by atoms with van der Waals surface area (Å²) in [6, 6.07) is 6.31. The molecular formula is C21H31N5O. The van der Waals surface area contributed by atoms with Gasteiger partial charge in [0.05, 0.1) is 23.1 Å². The quantitative estimate of drug-likeness (QED) is 0.900. The van der Waals surface area contributed by atoms with Crippen LogP contribution in [0.3, 0.4) is 0 Å². The molecule has 0 radical (unpaired) electrons. The molecule has 1 aromatic heterocycles. The molecule has 1 aromatic carbocycles. The highest BCUT2D eigenvalue weighted by Gasteiger charge is 2.27. The minimum absolute atomic E-state index is 0.0365. The maximum Gasteiger partial charge on any atom is 0.241 e. The number of hydrogen-bond acceptors (Lipinski definition) is 4. The van der Waals surface area contributed by atoms with Crippen molar-refractivity contribution in [3.05, 3.63) is 40.7 Å². The lowest BCUT2D eigenvalue weighted by atomic mass is 10.1. The van der Waals surface area contributed by atoms with Crippen LogP contribution in [0.5, 0.6) is 0 Å². The van der Waals surface area contributed by atoms with Gasteiger partial charge in [-0.2, -0.15) is 5.10 Å². The highest BCUT2D eigenvalue weighted by molar-refractivity contribution is 5.95. The average molecular weight is 370 g/mol. The maximum atomic E-state index is 12.8. The number of aryl methyl sites for hydroxylation is 3. The maximum absolute atomic E-state index is 12.8. The average Bonchev–Trinajstić information content (AvgIpc) is 2.89. The molecule has 0 bridgehead atoms. The third-order valence-corrected chi connectivity index (χ3v) is 5.92. The summed E-state index contributed by atoms with van der Waals surface area (Å²) in [5, 5.41) is 7.45. The Morgan fingerprint density at radius 1 is 1.11 bits per heavy atom. The van der Waals surface area contributed by atoms with Crippen molar-refractivity contribution in [2.24, 2.45) is 7.05 Å². The number of benzene rings is 1. The first-order valence-corrected chi connectivity index (χ1v) is 9.66. The van der Waals surface area contributed by atoms with E-state index in [-0.39, 0.29) is 11.9 Å². The number of hydrogen-bond donors (Lipinski definition) is 1. The Kier molecular flexibility index (Phi) is 5.56. The fraction of sp³-hybridized carbons (Fsp3) is 0.524. The Morgan fingerprint density at radius 2 is 1.78 bits per heavy atom. The predicted octanol–water partition coefficient (Wildman–Crippen LogP) is 2.80. The SMILES string of the molecule is Cc1cccc(N2CCN([C@H](C)C(=O)Nc3c(C)nn(C)c3C)CC2)c1C. The number of anilines is 2. The molecule has 0 saturated carbocycles. The predicted molar refractivity (Wildman–Crippen MR) is 110 cm³/mol. The van der Waals surface area contributed by atoms with Gasteiger partial charge in [0.2, 0.25) is 5.91 Å². The monoisotopic (exact) mass is 369 g/mol. The molecule has 27 heavy (non-hydrogen) atoms. The zero-order valence-electron chi connectivity index (χ0n) is 17.3. The third kappa shape index (κ3) is 3.86. The van der Waals surface area contributed by atoms with Crippen LogP contribution in [-0.2, 0) is 11.8 Å². The molecule has 0 aliphatic carbocycles. The number of piperazine rings is 1. The molecule has 1 saturated heterocycles. The van der Waals surface area contributed by atoms with Crippen molar-refractivity contribution in [1.82, 2.24) is 14.7 Å². The first kappa shape index (κ1) is 19.4. The molecular weight excluding hydrogens is 338 g/mol. The van der Waals surface area contributed by atoms with Crippen molar-refractivity contribution in [3.63, 3.8) is 0 Å². The van der Waals surface area contributed by atoms with Crippen LogP contribution in [0.15, 0.2) is 18.2 Å². The van der Waals surface area contributed by atoms with Gasteiger partial charge < -0.3 is 10.2 Å². The number of nitrogens with zero attached hydrogens (tertiary/aromatic N) is 4. The van der Waals surface area contributed by atoms with Crippen LogP contribution in [0.25, 0.3) is 0 Å². The molecule has 1 N–H and O–H groups in total. The summed E-state index contributed by atoms with van der Waals surface area (Å²) in [5.41, 5.74) is 6.66. The number of aromatic nitrogens is 2. The summed E-state index contributed by atoms with van der Waals surface area (Å²) in [6.07, 6.45) is 0. The molecule has 3 rings (SSSR count). The number of nitrogens with one attached hydrogen (secondary N) is 1. The van der Waals surface area contributed by atoms with Crippen LogP contribution in [-0.4, -0.2) is 52.8 Å². The molecule has 0 unspecified atom stereocenters. The fourth-order valence-electron chi connectivity index (χ4n) is 3.78. The van der Waals surface area contributed by atoms with Gasteiger partial charge in [-0.05, 0) is 51.8 Å². The Hall–Kier alpha value is -2.34. The highest BCUT2D eigenvalue weighted by atomic mass is 16.2. The largest absolute Gasteiger partial charge is 0.369 e. The molecule has 6 nitrogen and oxygen atoms in total. The molecule has 1 aliphatic rings. The van der Waals surface area contributed by atoms with Crippen molar-refractivity contribution in [1.29, 1.82) is 0 Å². The van der Waals surface area contributed by atoms with Gasteiger partial charge in [-0.1, -0.05) is 12.1 Å². The molecule has 2 heterocycles. The lowest BCUT2D eigenvalue weighted by Crippen LogP contribution is -2.53. The second kappa shape index (κ2) is 7.72. The Labute approximate surface area is 162 Å². The van der Waals surface area contributed by atoms with Crippen molar-refractivity contribution >= 4 is 17.3 Å². The van der Waals surface area contributed by atoms with Crippen molar-refractivity contribution in [2.45, 2.75) is 40.7 Å². The summed E-state index contributed by atoms with van der Waals surface area (Å²) in [5.74, 6) is 0.0365. The van der Waals surface area contributed by atoms with Crippen molar-refractivity contribution < 1.29 is 4.79 Å². The van der Waals surface area contributed by atoms with Crippen LogP contribution in [0.2, 0.25) is 0 Å². The van der Waals surface area contributed by atoms with E-state index in [4.69, 9.17) is 0 Å². The van der Waals surface area contributed by atoms with Crippen LogP contribution in [0.4, 0.5) is 11.4 Å². The summed E-state index contributed by atoms with van der Waals surface area (Å²) in [6.45, 7) is 13.9. The molecule has 1 amide bonds. The number of rotatable bonds is 4. The summed E-state index contributed by atoms with van der Waals surface area (Å²) in [4.78, 5) is 17.5. The van der Waals surface area contributed by atoms with Gasteiger partial charge in [0, 0.05) is 38.9 Å². The fourth-order valence-corrected chi connectivity index (χ4v) is 3.78. The van der Waals surface area contributed by atoms with Gasteiger partial charge in [-0.25, -0.2) is 0 Å². The lowest BCUT2D eigenvalue weighted by Gasteiger charge is -2.39. The van der Waals surface area contributed by atoms with Crippen LogP contribution in [0.1, 0.15) is 29.4 Å². The van der Waals surface area contributed by atoms with E-state index in [2.05, 4.69) is 52.3 Å². The Bertz CT molecular complexity index is 833. The molecule has 1 aliphatic heterocycles. The third-order valence-electron chi connectivity index (χ3n) is 5.92. The Balaban J connectivity index is 1.62. The number of carbonyl (C=O) groups is 1. The van der Waals surface area contributed by atoms with Gasteiger partial charge in [-0.15, -0.1) is 0 Å². The molecule has 0 spiro atoms. The minimum atomic E-state index is -0.162. The van der Waals surface area contributed by atoms with E-state index in [1.165, 1.54) is 16.8 Å². The smallest absolute Gasteiger partial charge is 0.241 e. The lowest BCUT2D eigenvalue weighted by molar-refractivity contribution is -0.120. The molecule has 1 fully saturated rings. The standard InChI is InChI=1S/C21H31N5O/c1-14-8-7-9-19(15(14)2)26-12-10-25(11-13-26)18(5)21(27)22-20-16(3)23-24(6)17(20)4/h7-9,18H,10-13H2,1-6H3,(H,22,27)/t18-/m1/s1.